The SMILES string of the molecule is CCC(=O)c1ccc(S(=O)CC)c([N+](=O)[O-])c1. The molecular weight excluding hydrogens is 242 g/mol. The highest BCUT2D eigenvalue weighted by Gasteiger charge is 2.20. The highest BCUT2D eigenvalue weighted by molar-refractivity contribution is 7.85. The van der Waals surface area contributed by atoms with E-state index >= 15 is 0 Å². The second-order valence-electron chi connectivity index (χ2n) is 3.35. The van der Waals surface area contributed by atoms with Gasteiger partial charge in [0.1, 0.15) is 4.90 Å². The van der Waals surface area contributed by atoms with Gasteiger partial charge in [-0.25, -0.2) is 0 Å². The predicted molar refractivity (Wildman–Crippen MR) is 64.7 cm³/mol. The predicted octanol–water partition coefficient (Wildman–Crippen LogP) is 2.32. The number of benzene rings is 1. The lowest BCUT2D eigenvalue weighted by molar-refractivity contribution is -0.387. The molecule has 0 spiro atoms. The Hall–Kier alpha value is -1.56. The fourth-order valence-electron chi connectivity index (χ4n) is 1.39. The molecule has 1 unspecified atom stereocenters. The van der Waals surface area contributed by atoms with Crippen LogP contribution in [0.4, 0.5) is 5.69 Å². The van der Waals surface area contributed by atoms with Crippen molar-refractivity contribution in [1.29, 1.82) is 0 Å². The van der Waals surface area contributed by atoms with Crippen LogP contribution in [0.25, 0.3) is 0 Å². The first kappa shape index (κ1) is 13.5. The van der Waals surface area contributed by atoms with E-state index in [4.69, 9.17) is 0 Å². The number of ketones is 1. The molecule has 0 heterocycles. The lowest BCUT2D eigenvalue weighted by Gasteiger charge is -2.03. The van der Waals surface area contributed by atoms with Crippen LogP contribution in [0, 0.1) is 10.1 Å². The Kier molecular flexibility index (Phi) is 4.51. The zero-order valence-electron chi connectivity index (χ0n) is 9.63. The lowest BCUT2D eigenvalue weighted by Crippen LogP contribution is -2.03. The fourth-order valence-corrected chi connectivity index (χ4v) is 2.28. The number of nitro benzene ring substituents is 1. The Labute approximate surface area is 101 Å². The molecule has 6 heteroatoms. The third-order valence-corrected chi connectivity index (χ3v) is 3.67. The lowest BCUT2D eigenvalue weighted by atomic mass is 10.1. The fraction of sp³-hybridized carbons (Fsp3) is 0.364. The molecule has 1 aromatic carbocycles. The number of nitrogens with zero attached hydrogens (tertiary/aromatic N) is 1. The van der Waals surface area contributed by atoms with E-state index in [1.165, 1.54) is 18.2 Å². The van der Waals surface area contributed by atoms with E-state index in [1.54, 1.807) is 13.8 Å². The molecule has 92 valence electrons. The first-order valence-electron chi connectivity index (χ1n) is 5.21. The van der Waals surface area contributed by atoms with Gasteiger partial charge in [-0.2, -0.15) is 0 Å². The molecule has 0 N–H and O–H groups in total. The van der Waals surface area contributed by atoms with Gasteiger partial charge in [0.25, 0.3) is 5.69 Å². The molecule has 0 saturated heterocycles. The average molecular weight is 255 g/mol. The van der Waals surface area contributed by atoms with E-state index in [0.29, 0.717) is 5.75 Å². The molecule has 0 saturated carbocycles. The molecular formula is C11H13NO4S. The largest absolute Gasteiger partial charge is 0.294 e. The number of nitro groups is 1. The summed E-state index contributed by atoms with van der Waals surface area (Å²) in [4.78, 5) is 21.9. The molecule has 1 rings (SSSR count). The molecule has 0 aliphatic heterocycles. The highest BCUT2D eigenvalue weighted by atomic mass is 32.2. The number of carbonyl (C=O) groups excluding carboxylic acids is 1. The Bertz CT molecular complexity index is 484. The van der Waals surface area contributed by atoms with Gasteiger partial charge in [-0.1, -0.05) is 13.8 Å². The summed E-state index contributed by atoms with van der Waals surface area (Å²) in [6, 6.07) is 4.09. The summed E-state index contributed by atoms with van der Waals surface area (Å²) in [5.74, 6) is 0.143. The van der Waals surface area contributed by atoms with Crippen LogP contribution in [-0.2, 0) is 10.8 Å². The first-order valence-corrected chi connectivity index (χ1v) is 6.53. The van der Waals surface area contributed by atoms with Crippen LogP contribution in [0.3, 0.4) is 0 Å². The number of rotatable bonds is 5. The summed E-state index contributed by atoms with van der Waals surface area (Å²) in [6.07, 6.45) is 0.285. The van der Waals surface area contributed by atoms with Crippen LogP contribution in [0.15, 0.2) is 23.1 Å². The normalized spacial score (nSPS) is 12.1. The molecule has 0 aliphatic rings. The molecule has 1 atom stereocenters. The topological polar surface area (TPSA) is 77.3 Å². The molecule has 5 nitrogen and oxygen atoms in total. The first-order chi connectivity index (χ1) is 8.01. The molecule has 1 aromatic rings. The molecule has 0 bridgehead atoms. The zero-order valence-corrected chi connectivity index (χ0v) is 10.5. The third kappa shape index (κ3) is 2.97. The van der Waals surface area contributed by atoms with Crippen molar-refractivity contribution in [2.45, 2.75) is 25.2 Å². The Morgan fingerprint density at radius 2 is 2.06 bits per heavy atom. The highest BCUT2D eigenvalue weighted by Crippen LogP contribution is 2.24. The maximum Gasteiger partial charge on any atom is 0.286 e. The van der Waals surface area contributed by atoms with E-state index in [-0.39, 0.29) is 28.4 Å². The quantitative estimate of drug-likeness (QED) is 0.459. The van der Waals surface area contributed by atoms with E-state index in [9.17, 15) is 19.1 Å². The van der Waals surface area contributed by atoms with Gasteiger partial charge < -0.3 is 0 Å². The monoisotopic (exact) mass is 255 g/mol. The third-order valence-electron chi connectivity index (χ3n) is 2.31. The van der Waals surface area contributed by atoms with Gasteiger partial charge in [0.05, 0.1) is 15.7 Å². The van der Waals surface area contributed by atoms with Gasteiger partial charge in [-0.05, 0) is 12.1 Å². The molecule has 0 aromatic heterocycles. The number of hydrogen-bond acceptors (Lipinski definition) is 4. The number of carbonyl (C=O) groups is 1. The zero-order chi connectivity index (χ0) is 13.0. The van der Waals surface area contributed by atoms with E-state index < -0.39 is 15.7 Å². The van der Waals surface area contributed by atoms with Crippen LogP contribution in [0.2, 0.25) is 0 Å². The second-order valence-corrected chi connectivity index (χ2v) is 5.06. The molecule has 0 radical (unpaired) electrons. The molecule has 0 fully saturated rings. The summed E-state index contributed by atoms with van der Waals surface area (Å²) in [7, 11) is -1.40. The maximum absolute atomic E-state index is 11.6. The summed E-state index contributed by atoms with van der Waals surface area (Å²) in [6.45, 7) is 3.37. The summed E-state index contributed by atoms with van der Waals surface area (Å²) in [5, 5.41) is 10.9. The van der Waals surface area contributed by atoms with E-state index in [2.05, 4.69) is 0 Å². The van der Waals surface area contributed by atoms with Gasteiger partial charge in [0.15, 0.2) is 5.78 Å². The van der Waals surface area contributed by atoms with Crippen LogP contribution < -0.4 is 0 Å². The number of hydrogen-bond donors (Lipinski definition) is 0. The van der Waals surface area contributed by atoms with E-state index in [0.717, 1.165) is 0 Å². The average Bonchev–Trinajstić information content (AvgIpc) is 2.35. The van der Waals surface area contributed by atoms with Gasteiger partial charge in [0.2, 0.25) is 0 Å². The van der Waals surface area contributed by atoms with Crippen LogP contribution >= 0.6 is 0 Å². The van der Waals surface area contributed by atoms with E-state index in [1.807, 2.05) is 0 Å². The van der Waals surface area contributed by atoms with Crippen molar-refractivity contribution < 1.29 is 13.9 Å². The van der Waals surface area contributed by atoms with Gasteiger partial charge in [-0.15, -0.1) is 0 Å². The standard InChI is InChI=1S/C11H13NO4S/c1-3-10(13)8-5-6-11(17(16)4-2)9(7-8)12(14)15/h5-7H,3-4H2,1-2H3. The van der Waals surface area contributed by atoms with Crippen molar-refractivity contribution in [3.05, 3.63) is 33.9 Å². The number of Topliss-reactive ketones (excluding diaryl/α,β-unsaturated/α-hetero) is 1. The Balaban J connectivity index is 3.32. The molecule has 17 heavy (non-hydrogen) atoms. The summed E-state index contributed by atoms with van der Waals surface area (Å²) in [5.41, 5.74) is 0.0422. The van der Waals surface area contributed by atoms with Crippen molar-refractivity contribution in [2.75, 3.05) is 5.75 Å². The molecule has 0 aliphatic carbocycles. The summed E-state index contributed by atoms with van der Waals surface area (Å²) >= 11 is 0. The van der Waals surface area contributed by atoms with Gasteiger partial charge in [0, 0.05) is 23.8 Å². The minimum Gasteiger partial charge on any atom is -0.294 e. The van der Waals surface area contributed by atoms with Crippen LogP contribution in [0.1, 0.15) is 30.6 Å². The minimum absolute atomic E-state index is 0.165. The van der Waals surface area contributed by atoms with Crippen molar-refractivity contribution in [1.82, 2.24) is 0 Å². The Morgan fingerprint density at radius 1 is 1.41 bits per heavy atom. The van der Waals surface area contributed by atoms with Crippen molar-refractivity contribution in [2.24, 2.45) is 0 Å². The van der Waals surface area contributed by atoms with Gasteiger partial charge >= 0.3 is 0 Å². The molecule has 0 amide bonds. The van der Waals surface area contributed by atoms with Crippen LogP contribution in [0.5, 0.6) is 0 Å². The van der Waals surface area contributed by atoms with Crippen molar-refractivity contribution >= 4 is 22.3 Å². The maximum atomic E-state index is 11.6. The van der Waals surface area contributed by atoms with Gasteiger partial charge in [-0.3, -0.25) is 19.1 Å². The summed E-state index contributed by atoms with van der Waals surface area (Å²) < 4.78 is 11.6. The van der Waals surface area contributed by atoms with Crippen molar-refractivity contribution in [3.8, 4) is 0 Å². The Morgan fingerprint density at radius 3 is 2.53 bits per heavy atom. The second kappa shape index (κ2) is 5.67. The van der Waals surface area contributed by atoms with Crippen molar-refractivity contribution in [3.63, 3.8) is 0 Å². The van der Waals surface area contributed by atoms with Crippen LogP contribution in [-0.4, -0.2) is 20.7 Å². The smallest absolute Gasteiger partial charge is 0.286 e. The minimum atomic E-state index is -1.40.